The lowest BCUT2D eigenvalue weighted by atomic mass is 10.2. The fourth-order valence-corrected chi connectivity index (χ4v) is 2.45. The SMILES string of the molecule is O=C1CSC(=S)N1/N=C/C(Cl)=C\c1ccccc1. The summed E-state index contributed by atoms with van der Waals surface area (Å²) in [6.45, 7) is 0. The Balaban J connectivity index is 2.07. The van der Waals surface area contributed by atoms with Gasteiger partial charge in [0.25, 0.3) is 5.91 Å². The normalized spacial score (nSPS) is 16.9. The van der Waals surface area contributed by atoms with Gasteiger partial charge in [0.1, 0.15) is 0 Å². The Hall–Kier alpha value is -1.17. The van der Waals surface area contributed by atoms with Crippen molar-refractivity contribution in [1.82, 2.24) is 5.01 Å². The number of rotatable bonds is 3. The maximum Gasteiger partial charge on any atom is 0.259 e. The second kappa shape index (κ2) is 6.13. The number of hydrogen-bond acceptors (Lipinski definition) is 4. The van der Waals surface area contributed by atoms with Crippen molar-refractivity contribution in [3.8, 4) is 0 Å². The molecule has 18 heavy (non-hydrogen) atoms. The second-order valence-corrected chi connectivity index (χ2v) is 5.49. The zero-order valence-electron chi connectivity index (χ0n) is 9.25. The summed E-state index contributed by atoms with van der Waals surface area (Å²) in [4.78, 5) is 11.4. The van der Waals surface area contributed by atoms with Crippen molar-refractivity contribution in [2.75, 3.05) is 5.75 Å². The van der Waals surface area contributed by atoms with E-state index in [4.69, 9.17) is 23.8 Å². The Labute approximate surface area is 119 Å². The molecule has 1 aliphatic rings. The molecule has 0 aliphatic carbocycles. The minimum atomic E-state index is -0.120. The maximum atomic E-state index is 11.4. The van der Waals surface area contributed by atoms with E-state index in [0.717, 1.165) is 5.56 Å². The van der Waals surface area contributed by atoms with Crippen molar-refractivity contribution in [1.29, 1.82) is 0 Å². The molecule has 1 aromatic rings. The molecule has 1 heterocycles. The minimum Gasteiger partial charge on any atom is -0.272 e. The highest BCUT2D eigenvalue weighted by molar-refractivity contribution is 8.23. The van der Waals surface area contributed by atoms with E-state index in [0.29, 0.717) is 15.1 Å². The molecule has 0 spiro atoms. The molecule has 0 aromatic heterocycles. The quantitative estimate of drug-likeness (QED) is 0.635. The predicted octanol–water partition coefficient (Wildman–Crippen LogP) is 3.11. The Morgan fingerprint density at radius 3 is 2.78 bits per heavy atom. The molecule has 1 fully saturated rings. The number of carbonyl (C=O) groups excluding carboxylic acids is 1. The Morgan fingerprint density at radius 1 is 1.44 bits per heavy atom. The van der Waals surface area contributed by atoms with E-state index in [9.17, 15) is 4.79 Å². The van der Waals surface area contributed by atoms with Crippen LogP contribution in [0, 0.1) is 0 Å². The second-order valence-electron chi connectivity index (χ2n) is 3.44. The van der Waals surface area contributed by atoms with Crippen LogP contribution in [0.1, 0.15) is 5.56 Å². The number of allylic oxidation sites excluding steroid dienone is 1. The van der Waals surface area contributed by atoms with Crippen molar-refractivity contribution >= 4 is 58.1 Å². The van der Waals surface area contributed by atoms with Crippen LogP contribution in [0.2, 0.25) is 0 Å². The van der Waals surface area contributed by atoms with E-state index in [-0.39, 0.29) is 5.91 Å². The van der Waals surface area contributed by atoms with Crippen LogP contribution in [0.25, 0.3) is 6.08 Å². The highest BCUT2D eigenvalue weighted by Crippen LogP contribution is 2.19. The summed E-state index contributed by atoms with van der Waals surface area (Å²) in [7, 11) is 0. The summed E-state index contributed by atoms with van der Waals surface area (Å²) in [5, 5.41) is 5.61. The van der Waals surface area contributed by atoms with Crippen molar-refractivity contribution in [3.05, 3.63) is 40.9 Å². The molecule has 0 radical (unpaired) electrons. The smallest absolute Gasteiger partial charge is 0.259 e. The number of carbonyl (C=O) groups is 1. The van der Waals surface area contributed by atoms with Crippen molar-refractivity contribution in [3.63, 3.8) is 0 Å². The first-order valence-electron chi connectivity index (χ1n) is 5.13. The summed E-state index contributed by atoms with van der Waals surface area (Å²) < 4.78 is 0.459. The molecule has 1 saturated heterocycles. The molecule has 1 amide bonds. The molecule has 6 heteroatoms. The van der Waals surface area contributed by atoms with Gasteiger partial charge >= 0.3 is 0 Å². The number of benzene rings is 1. The molecule has 0 atom stereocenters. The lowest BCUT2D eigenvalue weighted by molar-refractivity contribution is -0.123. The van der Waals surface area contributed by atoms with Crippen LogP contribution < -0.4 is 0 Å². The van der Waals surface area contributed by atoms with Crippen LogP contribution in [0.3, 0.4) is 0 Å². The fraction of sp³-hybridized carbons (Fsp3) is 0.0833. The number of halogens is 1. The summed E-state index contributed by atoms with van der Waals surface area (Å²) in [5.74, 6) is 0.223. The third-order valence-electron chi connectivity index (χ3n) is 2.13. The maximum absolute atomic E-state index is 11.4. The van der Waals surface area contributed by atoms with Gasteiger partial charge in [-0.3, -0.25) is 4.79 Å². The van der Waals surface area contributed by atoms with Gasteiger partial charge in [0.05, 0.1) is 17.0 Å². The topological polar surface area (TPSA) is 32.7 Å². The summed E-state index contributed by atoms with van der Waals surface area (Å²) >= 11 is 12.3. The molecule has 0 N–H and O–H groups in total. The first-order valence-corrected chi connectivity index (χ1v) is 6.90. The Bertz CT molecular complexity index is 512. The molecule has 2 rings (SSSR count). The van der Waals surface area contributed by atoms with Crippen LogP contribution >= 0.6 is 35.6 Å². The van der Waals surface area contributed by atoms with Gasteiger partial charge < -0.3 is 0 Å². The van der Waals surface area contributed by atoms with Crippen LogP contribution in [0.5, 0.6) is 0 Å². The van der Waals surface area contributed by atoms with Gasteiger partial charge in [0.2, 0.25) is 0 Å². The van der Waals surface area contributed by atoms with Crippen LogP contribution in [-0.4, -0.2) is 27.2 Å². The van der Waals surface area contributed by atoms with E-state index in [2.05, 4.69) is 5.10 Å². The molecular formula is C12H9ClN2OS2. The number of hydrogen-bond donors (Lipinski definition) is 0. The first-order chi connectivity index (χ1) is 8.66. The lowest BCUT2D eigenvalue weighted by Crippen LogP contribution is -2.22. The zero-order valence-corrected chi connectivity index (χ0v) is 11.6. The Morgan fingerprint density at radius 2 is 2.17 bits per heavy atom. The number of hydrazone groups is 1. The fourth-order valence-electron chi connectivity index (χ4n) is 1.32. The van der Waals surface area contributed by atoms with Gasteiger partial charge in [0.15, 0.2) is 4.32 Å². The average Bonchev–Trinajstić information content (AvgIpc) is 2.68. The monoisotopic (exact) mass is 296 g/mol. The highest BCUT2D eigenvalue weighted by Gasteiger charge is 2.25. The van der Waals surface area contributed by atoms with Gasteiger partial charge in [0, 0.05) is 0 Å². The summed E-state index contributed by atoms with van der Waals surface area (Å²) in [6, 6.07) is 9.62. The molecule has 1 aliphatic heterocycles. The van der Waals surface area contributed by atoms with E-state index in [1.807, 2.05) is 30.3 Å². The number of amides is 1. The average molecular weight is 297 g/mol. The third-order valence-corrected chi connectivity index (χ3v) is 3.67. The molecule has 0 bridgehead atoms. The van der Waals surface area contributed by atoms with E-state index in [1.165, 1.54) is 23.0 Å². The standard InChI is InChI=1S/C12H9ClN2OS2/c13-10(6-9-4-2-1-3-5-9)7-14-15-11(16)8-18-12(15)17/h1-7H,8H2/b10-6+,14-7+. The highest BCUT2D eigenvalue weighted by atomic mass is 35.5. The molecule has 0 saturated carbocycles. The van der Waals surface area contributed by atoms with E-state index < -0.39 is 0 Å². The number of thiocarbonyl (C=S) groups is 1. The van der Waals surface area contributed by atoms with Gasteiger partial charge in [-0.05, 0) is 11.6 Å². The lowest BCUT2D eigenvalue weighted by Gasteiger charge is -2.05. The first kappa shape index (κ1) is 13.3. The molecule has 92 valence electrons. The summed E-state index contributed by atoms with van der Waals surface area (Å²) in [5.41, 5.74) is 0.971. The van der Waals surface area contributed by atoms with Crippen molar-refractivity contribution in [2.45, 2.75) is 0 Å². The van der Waals surface area contributed by atoms with Gasteiger partial charge in [-0.25, -0.2) is 0 Å². The van der Waals surface area contributed by atoms with E-state index >= 15 is 0 Å². The molecule has 1 aromatic carbocycles. The molecular weight excluding hydrogens is 288 g/mol. The number of nitrogens with zero attached hydrogens (tertiary/aromatic N) is 2. The van der Waals surface area contributed by atoms with E-state index in [1.54, 1.807) is 6.08 Å². The largest absolute Gasteiger partial charge is 0.272 e. The molecule has 3 nitrogen and oxygen atoms in total. The van der Waals surface area contributed by atoms with Gasteiger partial charge in [-0.1, -0.05) is 65.9 Å². The third kappa shape index (κ3) is 3.41. The van der Waals surface area contributed by atoms with Crippen molar-refractivity contribution < 1.29 is 4.79 Å². The Kier molecular flexibility index (Phi) is 4.52. The van der Waals surface area contributed by atoms with Crippen molar-refractivity contribution in [2.24, 2.45) is 5.10 Å². The molecule has 0 unspecified atom stereocenters. The zero-order chi connectivity index (χ0) is 13.0. The van der Waals surface area contributed by atoms with Gasteiger partial charge in [-0.2, -0.15) is 10.1 Å². The van der Waals surface area contributed by atoms with Crippen LogP contribution in [-0.2, 0) is 4.79 Å². The van der Waals surface area contributed by atoms with Gasteiger partial charge in [-0.15, -0.1) is 0 Å². The summed E-state index contributed by atoms with van der Waals surface area (Å²) in [6.07, 6.45) is 3.19. The predicted molar refractivity (Wildman–Crippen MR) is 80.7 cm³/mol. The van der Waals surface area contributed by atoms with Crippen LogP contribution in [0.4, 0.5) is 0 Å². The number of thioether (sulfide) groups is 1. The minimum absolute atomic E-state index is 0.120. The van der Waals surface area contributed by atoms with Crippen LogP contribution in [0.15, 0.2) is 40.5 Å².